The fraction of sp³-hybridized carbons (Fsp3) is 0.333. The molecule has 1 atom stereocenters. The van der Waals surface area contributed by atoms with Gasteiger partial charge in [-0.1, -0.05) is 11.6 Å². The molecule has 78 valence electrons. The van der Waals surface area contributed by atoms with Crippen LogP contribution in [0.2, 0.25) is 5.02 Å². The molecule has 0 aliphatic rings. The van der Waals surface area contributed by atoms with E-state index in [2.05, 4.69) is 0 Å². The lowest BCUT2D eigenvalue weighted by Gasteiger charge is -2.14. The van der Waals surface area contributed by atoms with Gasteiger partial charge >= 0.3 is 0 Å². The molecule has 0 radical (unpaired) electrons. The van der Waals surface area contributed by atoms with Crippen molar-refractivity contribution < 1.29 is 15.3 Å². The summed E-state index contributed by atoms with van der Waals surface area (Å²) in [7, 11) is 0. The van der Waals surface area contributed by atoms with Gasteiger partial charge in [-0.15, -0.1) is 0 Å². The van der Waals surface area contributed by atoms with Crippen molar-refractivity contribution >= 4 is 11.6 Å². The van der Waals surface area contributed by atoms with E-state index in [1.807, 2.05) is 0 Å². The van der Waals surface area contributed by atoms with Crippen LogP contribution in [0.15, 0.2) is 6.07 Å². The molecule has 0 aromatic heterocycles. The normalized spacial score (nSPS) is 12.9. The second-order valence-corrected chi connectivity index (χ2v) is 3.46. The number of hydrogen-bond acceptors (Lipinski definition) is 4. The highest BCUT2D eigenvalue weighted by Gasteiger charge is 2.17. The van der Waals surface area contributed by atoms with Crippen molar-refractivity contribution in [2.45, 2.75) is 13.0 Å². The Balaban J connectivity index is 3.33. The average Bonchev–Trinajstić information content (AvgIpc) is 2.19. The third kappa shape index (κ3) is 1.77. The van der Waals surface area contributed by atoms with Crippen LogP contribution in [0.3, 0.4) is 0 Å². The first-order valence-corrected chi connectivity index (χ1v) is 4.44. The van der Waals surface area contributed by atoms with Crippen LogP contribution in [-0.2, 0) is 0 Å². The molecular formula is C9H12ClNO3. The first kappa shape index (κ1) is 11.1. The summed E-state index contributed by atoms with van der Waals surface area (Å²) in [4.78, 5) is 0. The largest absolute Gasteiger partial charge is 0.506 e. The standard InChI is InChI=1S/C9H12ClNO3/c1-4-2-5(6(11)3-12)9(14)7(10)8(4)13/h2,6,12-14H,3,11H2,1H3. The molecular weight excluding hydrogens is 206 g/mol. The Hall–Kier alpha value is -0.970. The molecule has 0 aliphatic carbocycles. The fourth-order valence-corrected chi connectivity index (χ4v) is 1.42. The van der Waals surface area contributed by atoms with E-state index in [1.165, 1.54) is 6.07 Å². The van der Waals surface area contributed by atoms with Crippen LogP contribution in [0.1, 0.15) is 17.2 Å². The van der Waals surface area contributed by atoms with Gasteiger partial charge in [0.15, 0.2) is 0 Å². The summed E-state index contributed by atoms with van der Waals surface area (Å²) in [6.07, 6.45) is 0. The lowest BCUT2D eigenvalue weighted by Crippen LogP contribution is -2.14. The third-order valence-electron chi connectivity index (χ3n) is 2.03. The van der Waals surface area contributed by atoms with Gasteiger partial charge in [-0.2, -0.15) is 0 Å². The number of hydrogen-bond donors (Lipinski definition) is 4. The van der Waals surface area contributed by atoms with Gasteiger partial charge in [0.1, 0.15) is 16.5 Å². The number of phenols is 2. The Morgan fingerprint density at radius 1 is 1.43 bits per heavy atom. The van der Waals surface area contributed by atoms with Crippen LogP contribution in [0.5, 0.6) is 11.5 Å². The second kappa shape index (κ2) is 4.04. The summed E-state index contributed by atoms with van der Waals surface area (Å²) in [6, 6.07) is 0.795. The summed E-state index contributed by atoms with van der Waals surface area (Å²) in [5.74, 6) is -0.450. The minimum Gasteiger partial charge on any atom is -0.506 e. The average molecular weight is 218 g/mol. The van der Waals surface area contributed by atoms with Gasteiger partial charge in [0.05, 0.1) is 12.6 Å². The van der Waals surface area contributed by atoms with Gasteiger partial charge in [-0.3, -0.25) is 0 Å². The molecule has 0 saturated carbocycles. The molecule has 1 unspecified atom stereocenters. The highest BCUT2D eigenvalue weighted by molar-refractivity contribution is 6.33. The number of aromatic hydroxyl groups is 2. The molecule has 14 heavy (non-hydrogen) atoms. The molecule has 1 aromatic carbocycles. The van der Waals surface area contributed by atoms with Gasteiger partial charge in [0, 0.05) is 5.56 Å². The smallest absolute Gasteiger partial charge is 0.142 e. The third-order valence-corrected chi connectivity index (χ3v) is 2.39. The van der Waals surface area contributed by atoms with Crippen LogP contribution >= 0.6 is 11.6 Å². The lowest BCUT2D eigenvalue weighted by molar-refractivity contribution is 0.265. The van der Waals surface area contributed by atoms with E-state index in [4.69, 9.17) is 22.4 Å². The zero-order valence-electron chi connectivity index (χ0n) is 7.66. The number of aryl methyl sites for hydroxylation is 1. The SMILES string of the molecule is Cc1cc(C(N)CO)c(O)c(Cl)c1O. The van der Waals surface area contributed by atoms with Crippen LogP contribution in [0, 0.1) is 6.92 Å². The first-order chi connectivity index (χ1) is 6.49. The van der Waals surface area contributed by atoms with Crippen molar-refractivity contribution in [2.24, 2.45) is 5.73 Å². The molecule has 0 bridgehead atoms. The maximum Gasteiger partial charge on any atom is 0.142 e. The number of halogens is 1. The van der Waals surface area contributed by atoms with E-state index in [0.717, 1.165) is 0 Å². The number of phenolic OH excluding ortho intramolecular Hbond substituents is 2. The van der Waals surface area contributed by atoms with Crippen molar-refractivity contribution in [3.05, 3.63) is 22.2 Å². The van der Waals surface area contributed by atoms with E-state index in [-0.39, 0.29) is 23.1 Å². The van der Waals surface area contributed by atoms with Gasteiger partial charge in [-0.25, -0.2) is 0 Å². The van der Waals surface area contributed by atoms with Gasteiger partial charge in [-0.05, 0) is 18.6 Å². The zero-order chi connectivity index (χ0) is 10.9. The Labute approximate surface area is 86.6 Å². The minimum atomic E-state index is -0.702. The molecule has 5 heteroatoms. The van der Waals surface area contributed by atoms with Crippen LogP contribution in [0.4, 0.5) is 0 Å². The van der Waals surface area contributed by atoms with Crippen molar-refractivity contribution in [1.82, 2.24) is 0 Å². The molecule has 1 rings (SSSR count). The number of benzene rings is 1. The van der Waals surface area contributed by atoms with Crippen LogP contribution in [-0.4, -0.2) is 21.9 Å². The van der Waals surface area contributed by atoms with Crippen LogP contribution < -0.4 is 5.73 Å². The van der Waals surface area contributed by atoms with Crippen LogP contribution in [0.25, 0.3) is 0 Å². The number of rotatable bonds is 2. The summed E-state index contributed by atoms with van der Waals surface area (Å²) in [5, 5.41) is 27.6. The Morgan fingerprint density at radius 2 is 2.00 bits per heavy atom. The van der Waals surface area contributed by atoms with E-state index < -0.39 is 6.04 Å². The predicted molar refractivity (Wildman–Crippen MR) is 53.5 cm³/mol. The van der Waals surface area contributed by atoms with Crippen molar-refractivity contribution in [2.75, 3.05) is 6.61 Å². The van der Waals surface area contributed by atoms with E-state index >= 15 is 0 Å². The predicted octanol–water partition coefficient (Wildman–Crippen LogP) is 1.05. The lowest BCUT2D eigenvalue weighted by atomic mass is 10.0. The summed E-state index contributed by atoms with van der Waals surface area (Å²) in [6.45, 7) is 1.34. The zero-order valence-corrected chi connectivity index (χ0v) is 8.41. The summed E-state index contributed by atoms with van der Waals surface area (Å²) < 4.78 is 0. The molecule has 0 amide bonds. The highest BCUT2D eigenvalue weighted by Crippen LogP contribution is 2.39. The molecule has 1 aromatic rings. The number of aliphatic hydroxyl groups is 1. The Kier molecular flexibility index (Phi) is 3.21. The second-order valence-electron chi connectivity index (χ2n) is 3.08. The monoisotopic (exact) mass is 217 g/mol. The molecule has 4 nitrogen and oxygen atoms in total. The number of aliphatic hydroxyl groups excluding tert-OH is 1. The van der Waals surface area contributed by atoms with Gasteiger partial charge < -0.3 is 21.1 Å². The van der Waals surface area contributed by atoms with E-state index in [0.29, 0.717) is 11.1 Å². The minimum absolute atomic E-state index is 0.135. The quantitative estimate of drug-likeness (QED) is 0.597. The van der Waals surface area contributed by atoms with Crippen molar-refractivity contribution in [3.63, 3.8) is 0 Å². The number of nitrogens with two attached hydrogens (primary N) is 1. The van der Waals surface area contributed by atoms with Gasteiger partial charge in [0.25, 0.3) is 0 Å². The Morgan fingerprint density at radius 3 is 2.50 bits per heavy atom. The summed E-state index contributed by atoms with van der Waals surface area (Å²) in [5.41, 5.74) is 6.37. The van der Waals surface area contributed by atoms with Crippen molar-refractivity contribution in [1.29, 1.82) is 0 Å². The van der Waals surface area contributed by atoms with E-state index in [1.54, 1.807) is 6.92 Å². The summed E-state index contributed by atoms with van der Waals surface area (Å²) >= 11 is 5.65. The highest BCUT2D eigenvalue weighted by atomic mass is 35.5. The topological polar surface area (TPSA) is 86.7 Å². The molecule has 0 saturated heterocycles. The fourth-order valence-electron chi connectivity index (χ4n) is 1.16. The maximum atomic E-state index is 9.52. The molecule has 0 spiro atoms. The molecule has 0 fully saturated rings. The molecule has 5 N–H and O–H groups in total. The first-order valence-electron chi connectivity index (χ1n) is 4.06. The molecule has 0 aliphatic heterocycles. The Bertz CT molecular complexity index is 354. The van der Waals surface area contributed by atoms with E-state index in [9.17, 15) is 10.2 Å². The molecule has 0 heterocycles. The maximum absolute atomic E-state index is 9.52. The van der Waals surface area contributed by atoms with Crippen molar-refractivity contribution in [3.8, 4) is 11.5 Å². The van der Waals surface area contributed by atoms with Gasteiger partial charge in [0.2, 0.25) is 0 Å².